The number of nitrogens with one attached hydrogen (secondary N) is 1. The molecule has 1 heterocycles. The minimum atomic E-state index is -1.19. The number of amides is 2. The lowest BCUT2D eigenvalue weighted by atomic mass is 10.1. The molecule has 1 fully saturated rings. The maximum Gasteiger partial charge on any atom is 0.274 e. The topological polar surface area (TPSA) is 99.1 Å². The molecule has 2 amide bonds. The van der Waals surface area contributed by atoms with Gasteiger partial charge in [-0.1, -0.05) is 6.07 Å². The van der Waals surface area contributed by atoms with Crippen molar-refractivity contribution in [3.63, 3.8) is 0 Å². The van der Waals surface area contributed by atoms with Gasteiger partial charge < -0.3 is 14.7 Å². The van der Waals surface area contributed by atoms with Crippen LogP contribution in [0.5, 0.6) is 5.75 Å². The van der Waals surface area contributed by atoms with E-state index >= 15 is 0 Å². The zero-order valence-corrected chi connectivity index (χ0v) is 11.3. The molecule has 1 aromatic rings. The van der Waals surface area contributed by atoms with Gasteiger partial charge in [-0.25, -0.2) is 5.48 Å². The van der Waals surface area contributed by atoms with Gasteiger partial charge in [0.25, 0.3) is 11.8 Å². The van der Waals surface area contributed by atoms with Gasteiger partial charge in [0.2, 0.25) is 0 Å². The van der Waals surface area contributed by atoms with E-state index in [0.29, 0.717) is 38.3 Å². The molecule has 1 saturated carbocycles. The SMILES string of the molecule is O=C(NO)c1ccc2c(c1)OCCN(C(=O)C1(O)CC1)C2. The quantitative estimate of drug-likeness (QED) is 0.528. The molecule has 3 rings (SSSR count). The van der Waals surface area contributed by atoms with Crippen LogP contribution >= 0.6 is 0 Å². The van der Waals surface area contributed by atoms with Crippen molar-refractivity contribution < 1.29 is 24.6 Å². The highest BCUT2D eigenvalue weighted by molar-refractivity contribution is 5.94. The van der Waals surface area contributed by atoms with Crippen molar-refractivity contribution in [3.05, 3.63) is 29.3 Å². The third-order valence-corrected chi connectivity index (χ3v) is 3.82. The molecule has 21 heavy (non-hydrogen) atoms. The van der Waals surface area contributed by atoms with Crippen LogP contribution in [0.15, 0.2) is 18.2 Å². The zero-order chi connectivity index (χ0) is 15.0. The van der Waals surface area contributed by atoms with Gasteiger partial charge in [-0.3, -0.25) is 14.8 Å². The first-order chi connectivity index (χ1) is 10.0. The van der Waals surface area contributed by atoms with Crippen molar-refractivity contribution in [2.45, 2.75) is 25.0 Å². The van der Waals surface area contributed by atoms with Crippen LogP contribution in [0.2, 0.25) is 0 Å². The van der Waals surface area contributed by atoms with Gasteiger partial charge in [0.15, 0.2) is 0 Å². The maximum absolute atomic E-state index is 12.2. The van der Waals surface area contributed by atoms with Crippen LogP contribution in [0.25, 0.3) is 0 Å². The molecule has 3 N–H and O–H groups in total. The minimum absolute atomic E-state index is 0.267. The second-order valence-electron chi connectivity index (χ2n) is 5.37. The molecule has 1 aromatic carbocycles. The van der Waals surface area contributed by atoms with Crippen molar-refractivity contribution in [3.8, 4) is 5.75 Å². The molecule has 0 spiro atoms. The molecule has 7 heteroatoms. The molecule has 0 unspecified atom stereocenters. The van der Waals surface area contributed by atoms with E-state index in [0.717, 1.165) is 5.56 Å². The predicted molar refractivity (Wildman–Crippen MR) is 70.8 cm³/mol. The van der Waals surface area contributed by atoms with Crippen LogP contribution in [0.3, 0.4) is 0 Å². The highest BCUT2D eigenvalue weighted by Gasteiger charge is 2.50. The number of carbonyl (C=O) groups excluding carboxylic acids is 2. The Morgan fingerprint density at radius 2 is 2.10 bits per heavy atom. The molecule has 1 aliphatic heterocycles. The Bertz CT molecular complexity index is 597. The van der Waals surface area contributed by atoms with Crippen LogP contribution in [0.4, 0.5) is 0 Å². The number of rotatable bonds is 2. The van der Waals surface area contributed by atoms with Crippen molar-refractivity contribution in [1.82, 2.24) is 10.4 Å². The van der Waals surface area contributed by atoms with Crippen molar-refractivity contribution in [2.24, 2.45) is 0 Å². The second kappa shape index (κ2) is 5.01. The van der Waals surface area contributed by atoms with Gasteiger partial charge in [-0.05, 0) is 25.0 Å². The summed E-state index contributed by atoms with van der Waals surface area (Å²) in [4.78, 5) is 25.1. The number of ether oxygens (including phenoxy) is 1. The van der Waals surface area contributed by atoms with Crippen LogP contribution in [-0.4, -0.2) is 45.8 Å². The minimum Gasteiger partial charge on any atom is -0.491 e. The third-order valence-electron chi connectivity index (χ3n) is 3.82. The summed E-state index contributed by atoms with van der Waals surface area (Å²) in [6.45, 7) is 1.01. The largest absolute Gasteiger partial charge is 0.491 e. The number of benzene rings is 1. The number of hydroxylamine groups is 1. The van der Waals surface area contributed by atoms with Gasteiger partial charge in [0, 0.05) is 17.7 Å². The first-order valence-electron chi connectivity index (χ1n) is 6.75. The Hall–Kier alpha value is -2.12. The lowest BCUT2D eigenvalue weighted by Crippen LogP contribution is -2.41. The first kappa shape index (κ1) is 13.8. The average molecular weight is 292 g/mol. The lowest BCUT2D eigenvalue weighted by molar-refractivity contribution is -0.143. The molecule has 2 aliphatic rings. The Kier molecular flexibility index (Phi) is 3.30. The Morgan fingerprint density at radius 3 is 2.76 bits per heavy atom. The standard InChI is InChI=1S/C14H16N2O5/c17-12(15-20)9-1-2-10-8-16(5-6-21-11(10)7-9)13(18)14(19)3-4-14/h1-2,7,19-20H,3-6,8H2,(H,15,17). The molecule has 0 bridgehead atoms. The number of hydrogen-bond acceptors (Lipinski definition) is 5. The Labute approximate surface area is 121 Å². The molecule has 1 aliphatic carbocycles. The van der Waals surface area contributed by atoms with Gasteiger partial charge in [-0.2, -0.15) is 0 Å². The Balaban J connectivity index is 1.83. The Morgan fingerprint density at radius 1 is 1.33 bits per heavy atom. The number of carbonyl (C=O) groups is 2. The lowest BCUT2D eigenvalue weighted by Gasteiger charge is -2.22. The summed E-state index contributed by atoms with van der Waals surface area (Å²) >= 11 is 0. The van der Waals surface area contributed by atoms with Crippen molar-refractivity contribution >= 4 is 11.8 Å². The molecule has 0 radical (unpaired) electrons. The monoisotopic (exact) mass is 292 g/mol. The van der Waals surface area contributed by atoms with E-state index < -0.39 is 11.5 Å². The molecule has 0 saturated heterocycles. The van der Waals surface area contributed by atoms with Crippen LogP contribution in [-0.2, 0) is 11.3 Å². The van der Waals surface area contributed by atoms with Crippen molar-refractivity contribution in [2.75, 3.05) is 13.2 Å². The van der Waals surface area contributed by atoms with Gasteiger partial charge in [0.1, 0.15) is 18.0 Å². The summed E-state index contributed by atoms with van der Waals surface area (Å²) in [5.41, 5.74) is 1.41. The summed E-state index contributed by atoms with van der Waals surface area (Å²) in [7, 11) is 0. The number of nitrogens with zero attached hydrogens (tertiary/aromatic N) is 1. The average Bonchev–Trinajstić information content (AvgIpc) is 3.27. The third kappa shape index (κ3) is 2.57. The summed E-state index contributed by atoms with van der Waals surface area (Å²) in [5.74, 6) is -0.379. The number of fused-ring (bicyclic) bond motifs is 1. The first-order valence-corrected chi connectivity index (χ1v) is 6.75. The van der Waals surface area contributed by atoms with Gasteiger partial charge in [-0.15, -0.1) is 0 Å². The van der Waals surface area contributed by atoms with Crippen LogP contribution in [0.1, 0.15) is 28.8 Å². The zero-order valence-electron chi connectivity index (χ0n) is 11.3. The molecular weight excluding hydrogens is 276 g/mol. The molecule has 0 aromatic heterocycles. The van der Waals surface area contributed by atoms with E-state index in [-0.39, 0.29) is 11.5 Å². The smallest absolute Gasteiger partial charge is 0.274 e. The predicted octanol–water partition coefficient (Wildman–Crippen LogP) is 0.0515. The maximum atomic E-state index is 12.2. The van der Waals surface area contributed by atoms with Crippen molar-refractivity contribution in [1.29, 1.82) is 0 Å². The fourth-order valence-electron chi connectivity index (χ4n) is 2.38. The highest BCUT2D eigenvalue weighted by Crippen LogP contribution is 2.38. The summed E-state index contributed by atoms with van der Waals surface area (Å²) < 4.78 is 5.56. The summed E-state index contributed by atoms with van der Waals surface area (Å²) in [5, 5.41) is 18.6. The van der Waals surface area contributed by atoms with E-state index in [1.54, 1.807) is 22.5 Å². The van der Waals surface area contributed by atoms with Gasteiger partial charge in [0.05, 0.1) is 6.54 Å². The van der Waals surface area contributed by atoms with Gasteiger partial charge >= 0.3 is 0 Å². The highest BCUT2D eigenvalue weighted by atomic mass is 16.5. The van der Waals surface area contributed by atoms with E-state index in [1.807, 2.05) is 0 Å². The number of aliphatic hydroxyl groups is 1. The summed E-state index contributed by atoms with van der Waals surface area (Å²) in [6, 6.07) is 4.76. The molecule has 7 nitrogen and oxygen atoms in total. The van der Waals surface area contributed by atoms with E-state index in [1.165, 1.54) is 6.07 Å². The van der Waals surface area contributed by atoms with Crippen LogP contribution in [0, 0.1) is 0 Å². The number of hydrogen-bond donors (Lipinski definition) is 3. The van der Waals surface area contributed by atoms with E-state index in [2.05, 4.69) is 0 Å². The fourth-order valence-corrected chi connectivity index (χ4v) is 2.38. The van der Waals surface area contributed by atoms with Crippen LogP contribution < -0.4 is 10.2 Å². The normalized spacial score (nSPS) is 19.0. The van der Waals surface area contributed by atoms with E-state index in [9.17, 15) is 14.7 Å². The fraction of sp³-hybridized carbons (Fsp3) is 0.429. The van der Waals surface area contributed by atoms with E-state index in [4.69, 9.17) is 9.94 Å². The second-order valence-corrected chi connectivity index (χ2v) is 5.37. The molecular formula is C14H16N2O5. The molecule has 0 atom stereocenters. The summed E-state index contributed by atoms with van der Waals surface area (Å²) in [6.07, 6.45) is 1.01. The molecule has 112 valence electrons.